The van der Waals surface area contributed by atoms with Gasteiger partial charge in [-0.25, -0.2) is 0 Å². The molecule has 5 nitrogen and oxygen atoms in total. The number of methoxy groups -OCH3 is 2. The first-order valence-electron chi connectivity index (χ1n) is 7.49. The number of hydrogen-bond acceptors (Lipinski definition) is 5. The summed E-state index contributed by atoms with van der Waals surface area (Å²) in [6, 6.07) is 12.6. The zero-order valence-electron chi connectivity index (χ0n) is 14.0. The van der Waals surface area contributed by atoms with E-state index in [0.717, 1.165) is 10.0 Å². The van der Waals surface area contributed by atoms with Gasteiger partial charge in [0.15, 0.2) is 19.4 Å². The van der Waals surface area contributed by atoms with E-state index in [2.05, 4.69) is 15.9 Å². The number of carbonyl (C=O) groups excluding carboxylic acids is 1. The van der Waals surface area contributed by atoms with Crippen LogP contribution in [0.15, 0.2) is 53.0 Å². The quantitative estimate of drug-likeness (QED) is 0.352. The lowest BCUT2D eigenvalue weighted by Gasteiger charge is -2.10. The third-order valence-corrected chi connectivity index (χ3v) is 3.68. The average Bonchev–Trinajstić information content (AvgIpc) is 2.63. The van der Waals surface area contributed by atoms with Crippen molar-refractivity contribution >= 4 is 27.8 Å². The van der Waals surface area contributed by atoms with Crippen molar-refractivity contribution in [2.24, 2.45) is 0 Å². The Balaban J connectivity index is 2.19. The zero-order chi connectivity index (χ0) is 18.1. The lowest BCUT2D eigenvalue weighted by Crippen LogP contribution is -2.04. The maximum Gasteiger partial charge on any atom is 0.188 e. The number of allylic oxidation sites excluding steroid dienone is 1. The van der Waals surface area contributed by atoms with E-state index in [1.807, 2.05) is 24.3 Å². The van der Waals surface area contributed by atoms with E-state index in [1.54, 1.807) is 24.3 Å². The molecule has 0 aliphatic rings. The molecule has 0 bridgehead atoms. The van der Waals surface area contributed by atoms with Crippen LogP contribution in [-0.4, -0.2) is 33.6 Å². The summed E-state index contributed by atoms with van der Waals surface area (Å²) in [5, 5.41) is 0. The minimum absolute atomic E-state index is 0.0795. The molecule has 0 spiro atoms. The maximum atomic E-state index is 12.5. The fourth-order valence-electron chi connectivity index (χ4n) is 1.98. The molecule has 0 saturated heterocycles. The lowest BCUT2D eigenvalue weighted by atomic mass is 10.1. The highest BCUT2D eigenvalue weighted by atomic mass is 79.9. The van der Waals surface area contributed by atoms with Gasteiger partial charge in [-0.1, -0.05) is 34.1 Å². The molecule has 0 unspecified atom stereocenters. The Kier molecular flexibility index (Phi) is 7.66. The average molecular weight is 407 g/mol. The Hall–Kier alpha value is -2.15. The van der Waals surface area contributed by atoms with Crippen molar-refractivity contribution in [1.29, 1.82) is 0 Å². The SMILES string of the molecule is COCOc1cc(OCOC)cc(C(=O)/C=C/c2ccc(Br)cc2)c1. The molecule has 0 radical (unpaired) electrons. The Morgan fingerprint density at radius 1 is 0.960 bits per heavy atom. The third kappa shape index (κ3) is 6.34. The number of halogens is 1. The molecule has 25 heavy (non-hydrogen) atoms. The van der Waals surface area contributed by atoms with Crippen molar-refractivity contribution in [3.63, 3.8) is 0 Å². The van der Waals surface area contributed by atoms with Crippen LogP contribution >= 0.6 is 15.9 Å². The number of ether oxygens (including phenoxy) is 4. The van der Waals surface area contributed by atoms with Gasteiger partial charge in [0.25, 0.3) is 0 Å². The Labute approximate surface area is 155 Å². The minimum atomic E-state index is -0.159. The Morgan fingerprint density at radius 2 is 1.52 bits per heavy atom. The van der Waals surface area contributed by atoms with E-state index in [9.17, 15) is 4.79 Å². The number of ketones is 1. The molecule has 0 heterocycles. The Bertz CT molecular complexity index is 699. The molecule has 0 N–H and O–H groups in total. The second-order valence-corrected chi connectivity index (χ2v) is 5.96. The molecular formula is C19H19BrO5. The van der Waals surface area contributed by atoms with Gasteiger partial charge >= 0.3 is 0 Å². The molecule has 0 aliphatic carbocycles. The summed E-state index contributed by atoms with van der Waals surface area (Å²) in [6.45, 7) is 0.159. The lowest BCUT2D eigenvalue weighted by molar-refractivity contribution is 0.0459. The smallest absolute Gasteiger partial charge is 0.188 e. The highest BCUT2D eigenvalue weighted by Crippen LogP contribution is 2.24. The first kappa shape index (κ1) is 19.2. The van der Waals surface area contributed by atoms with E-state index in [-0.39, 0.29) is 19.4 Å². The molecule has 2 aromatic carbocycles. The van der Waals surface area contributed by atoms with Gasteiger partial charge in [0.2, 0.25) is 0 Å². The predicted octanol–water partition coefficient (Wildman–Crippen LogP) is 4.31. The van der Waals surface area contributed by atoms with Crippen molar-refractivity contribution in [2.75, 3.05) is 27.8 Å². The summed E-state index contributed by atoms with van der Waals surface area (Å²) in [5.74, 6) is 0.805. The largest absolute Gasteiger partial charge is 0.467 e. The van der Waals surface area contributed by atoms with E-state index >= 15 is 0 Å². The Morgan fingerprint density at radius 3 is 2.04 bits per heavy atom. The zero-order valence-corrected chi connectivity index (χ0v) is 15.6. The molecule has 0 saturated carbocycles. The normalized spacial score (nSPS) is 10.8. The van der Waals surface area contributed by atoms with Crippen molar-refractivity contribution in [3.8, 4) is 11.5 Å². The van der Waals surface area contributed by atoms with E-state index < -0.39 is 0 Å². The number of hydrogen-bond donors (Lipinski definition) is 0. The second kappa shape index (κ2) is 9.98. The molecule has 0 aliphatic heterocycles. The van der Waals surface area contributed by atoms with Crippen LogP contribution in [0.5, 0.6) is 11.5 Å². The summed E-state index contributed by atoms with van der Waals surface area (Å²) in [5.41, 5.74) is 1.38. The van der Waals surface area contributed by atoms with Gasteiger partial charge in [-0.2, -0.15) is 0 Å². The molecule has 0 atom stereocenters. The van der Waals surface area contributed by atoms with Crippen LogP contribution in [0.3, 0.4) is 0 Å². The summed E-state index contributed by atoms with van der Waals surface area (Å²) in [7, 11) is 3.05. The standard InChI is InChI=1S/C19H19BrO5/c1-22-12-24-17-9-15(10-18(11-17)25-13-23-2)19(21)8-5-14-3-6-16(20)7-4-14/h3-11H,12-13H2,1-2H3/b8-5+. The number of carbonyl (C=O) groups is 1. The van der Waals surface area contributed by atoms with Gasteiger partial charge in [-0.15, -0.1) is 0 Å². The first-order valence-corrected chi connectivity index (χ1v) is 8.28. The molecule has 0 aromatic heterocycles. The summed E-state index contributed by atoms with van der Waals surface area (Å²) in [4.78, 5) is 12.5. The van der Waals surface area contributed by atoms with E-state index in [1.165, 1.54) is 20.3 Å². The monoisotopic (exact) mass is 406 g/mol. The fraction of sp³-hybridized carbons (Fsp3) is 0.211. The van der Waals surface area contributed by atoms with Crippen LogP contribution in [-0.2, 0) is 9.47 Å². The third-order valence-electron chi connectivity index (χ3n) is 3.15. The van der Waals surface area contributed by atoms with Gasteiger partial charge in [0, 0.05) is 30.3 Å². The van der Waals surface area contributed by atoms with Gasteiger partial charge in [0.05, 0.1) is 0 Å². The van der Waals surface area contributed by atoms with Gasteiger partial charge in [-0.3, -0.25) is 4.79 Å². The topological polar surface area (TPSA) is 54.0 Å². The molecule has 2 rings (SSSR count). The molecule has 0 amide bonds. The number of benzene rings is 2. The fourth-order valence-corrected chi connectivity index (χ4v) is 2.24. The predicted molar refractivity (Wildman–Crippen MR) is 99.0 cm³/mol. The van der Waals surface area contributed by atoms with Crippen molar-refractivity contribution in [1.82, 2.24) is 0 Å². The summed E-state index contributed by atoms with van der Waals surface area (Å²) >= 11 is 3.38. The highest BCUT2D eigenvalue weighted by molar-refractivity contribution is 9.10. The number of rotatable bonds is 9. The van der Waals surface area contributed by atoms with Crippen molar-refractivity contribution in [3.05, 3.63) is 64.1 Å². The van der Waals surface area contributed by atoms with Crippen LogP contribution in [0.2, 0.25) is 0 Å². The molecule has 0 fully saturated rings. The van der Waals surface area contributed by atoms with Crippen LogP contribution < -0.4 is 9.47 Å². The van der Waals surface area contributed by atoms with Gasteiger partial charge < -0.3 is 18.9 Å². The molecule has 6 heteroatoms. The van der Waals surface area contributed by atoms with E-state index in [0.29, 0.717) is 17.1 Å². The minimum Gasteiger partial charge on any atom is -0.467 e. The summed E-state index contributed by atoms with van der Waals surface area (Å²) < 4.78 is 21.6. The van der Waals surface area contributed by atoms with Crippen molar-refractivity contribution in [2.45, 2.75) is 0 Å². The van der Waals surface area contributed by atoms with Crippen LogP contribution in [0.25, 0.3) is 6.08 Å². The molecular weight excluding hydrogens is 388 g/mol. The highest BCUT2D eigenvalue weighted by Gasteiger charge is 2.09. The summed E-state index contributed by atoms with van der Waals surface area (Å²) in [6.07, 6.45) is 3.27. The first-order chi connectivity index (χ1) is 12.1. The van der Waals surface area contributed by atoms with Crippen LogP contribution in [0.4, 0.5) is 0 Å². The van der Waals surface area contributed by atoms with Gasteiger partial charge in [0.1, 0.15) is 11.5 Å². The van der Waals surface area contributed by atoms with E-state index in [4.69, 9.17) is 18.9 Å². The molecule has 2 aromatic rings. The maximum absolute atomic E-state index is 12.5. The van der Waals surface area contributed by atoms with Gasteiger partial charge in [-0.05, 0) is 35.9 Å². The van der Waals surface area contributed by atoms with Crippen LogP contribution in [0, 0.1) is 0 Å². The second-order valence-electron chi connectivity index (χ2n) is 5.04. The van der Waals surface area contributed by atoms with Crippen LogP contribution in [0.1, 0.15) is 15.9 Å². The molecule has 132 valence electrons. The van der Waals surface area contributed by atoms with Crippen molar-refractivity contribution < 1.29 is 23.7 Å².